The van der Waals surface area contributed by atoms with Gasteiger partial charge in [-0.2, -0.15) is 0 Å². The van der Waals surface area contributed by atoms with E-state index in [2.05, 4.69) is 10.6 Å². The predicted octanol–water partition coefficient (Wildman–Crippen LogP) is 3.45. The van der Waals surface area contributed by atoms with Crippen molar-refractivity contribution in [3.63, 3.8) is 0 Å². The Balaban J connectivity index is 0.00000211. The molecule has 3 N–H and O–H groups in total. The van der Waals surface area contributed by atoms with E-state index in [1.165, 1.54) is 12.1 Å². The van der Waals surface area contributed by atoms with Crippen LogP contribution in [0.25, 0.3) is 0 Å². The summed E-state index contributed by atoms with van der Waals surface area (Å²) >= 11 is 0. The van der Waals surface area contributed by atoms with Crippen LogP contribution in [0, 0.1) is 11.2 Å². The summed E-state index contributed by atoms with van der Waals surface area (Å²) in [5.41, 5.74) is 0.425. The van der Waals surface area contributed by atoms with Gasteiger partial charge in [-0.25, -0.2) is 9.18 Å². The smallest absolute Gasteiger partial charge is 0.315 e. The van der Waals surface area contributed by atoms with Gasteiger partial charge >= 0.3 is 6.03 Å². The molecule has 4 nitrogen and oxygen atoms in total. The molecule has 0 heterocycles. The average molecular weight is 312 g/mol. The second-order valence-corrected chi connectivity index (χ2v) is 6.04. The zero-order valence-electron chi connectivity index (χ0n) is 14.4. The maximum atomic E-state index is 13.0. The Labute approximate surface area is 133 Å². The Morgan fingerprint density at radius 3 is 2.36 bits per heavy atom. The van der Waals surface area contributed by atoms with E-state index in [-0.39, 0.29) is 29.8 Å². The zero-order valence-corrected chi connectivity index (χ0v) is 14.4. The first-order valence-corrected chi connectivity index (χ1v) is 7.67. The molecule has 2 amide bonds. The van der Waals surface area contributed by atoms with Crippen LogP contribution in [0.1, 0.15) is 47.1 Å². The molecular formula is C17H29FN2O2. The summed E-state index contributed by atoms with van der Waals surface area (Å²) in [7, 11) is 0. The van der Waals surface area contributed by atoms with Crippen LogP contribution in [0.15, 0.2) is 24.3 Å². The van der Waals surface area contributed by atoms with E-state index < -0.39 is 6.10 Å². The largest absolute Gasteiger partial charge is 0.391 e. The third-order valence-corrected chi connectivity index (χ3v) is 3.04. The van der Waals surface area contributed by atoms with Gasteiger partial charge in [-0.05, 0) is 30.0 Å². The number of aliphatic hydroxyl groups is 1. The normalized spacial score (nSPS) is 13.5. The van der Waals surface area contributed by atoms with Gasteiger partial charge in [0.05, 0.1) is 12.1 Å². The van der Waals surface area contributed by atoms with Gasteiger partial charge in [0, 0.05) is 6.54 Å². The summed E-state index contributed by atoms with van der Waals surface area (Å²) < 4.78 is 13.0. The van der Waals surface area contributed by atoms with Gasteiger partial charge in [0.2, 0.25) is 0 Å². The minimum atomic E-state index is -0.657. The molecule has 0 saturated carbocycles. The monoisotopic (exact) mass is 312 g/mol. The van der Waals surface area contributed by atoms with Crippen LogP contribution < -0.4 is 10.6 Å². The first-order valence-electron chi connectivity index (χ1n) is 7.67. The number of halogens is 1. The Morgan fingerprint density at radius 2 is 1.91 bits per heavy atom. The van der Waals surface area contributed by atoms with Crippen molar-refractivity contribution in [2.24, 2.45) is 5.41 Å². The summed E-state index contributed by atoms with van der Waals surface area (Å²) in [6.07, 6.45) is -0.657. The Morgan fingerprint density at radius 1 is 1.32 bits per heavy atom. The summed E-state index contributed by atoms with van der Waals surface area (Å²) in [4.78, 5) is 11.8. The van der Waals surface area contributed by atoms with Crippen LogP contribution in [0.4, 0.5) is 9.18 Å². The van der Waals surface area contributed by atoms with E-state index in [1.54, 1.807) is 19.1 Å². The van der Waals surface area contributed by atoms with Crippen molar-refractivity contribution in [3.8, 4) is 0 Å². The summed E-state index contributed by atoms with van der Waals surface area (Å²) in [5.74, 6) is -0.332. The molecule has 0 saturated heterocycles. The molecule has 0 radical (unpaired) electrons. The minimum Gasteiger partial charge on any atom is -0.391 e. The van der Waals surface area contributed by atoms with Crippen LogP contribution in [0.3, 0.4) is 0 Å². The van der Waals surface area contributed by atoms with Gasteiger partial charge in [-0.3, -0.25) is 0 Å². The second-order valence-electron chi connectivity index (χ2n) is 6.04. The van der Waals surface area contributed by atoms with Gasteiger partial charge in [0.15, 0.2) is 0 Å². The highest BCUT2D eigenvalue weighted by atomic mass is 19.1. The lowest BCUT2D eigenvalue weighted by Gasteiger charge is -2.33. The molecule has 0 aliphatic heterocycles. The highest BCUT2D eigenvalue weighted by Gasteiger charge is 2.30. The van der Waals surface area contributed by atoms with Crippen molar-refractivity contribution < 1.29 is 14.3 Å². The lowest BCUT2D eigenvalue weighted by Crippen LogP contribution is -2.53. The van der Waals surface area contributed by atoms with Gasteiger partial charge in [0.25, 0.3) is 0 Å². The molecule has 5 heteroatoms. The SMILES string of the molecule is CC.CC(O)C(NC(=O)NCc1cccc(F)c1)C(C)(C)C. The topological polar surface area (TPSA) is 61.4 Å². The van der Waals surface area contributed by atoms with Crippen LogP contribution >= 0.6 is 0 Å². The first kappa shape index (κ1) is 20.4. The van der Waals surface area contributed by atoms with Crippen LogP contribution in [0.5, 0.6) is 0 Å². The van der Waals surface area contributed by atoms with Crippen LogP contribution in [-0.2, 0) is 6.54 Å². The molecule has 0 aliphatic carbocycles. The van der Waals surface area contributed by atoms with E-state index in [4.69, 9.17) is 0 Å². The first-order chi connectivity index (χ1) is 10.2. The van der Waals surface area contributed by atoms with Crippen LogP contribution in [-0.4, -0.2) is 23.3 Å². The third-order valence-electron chi connectivity index (χ3n) is 3.04. The van der Waals surface area contributed by atoms with Crippen molar-refractivity contribution in [3.05, 3.63) is 35.6 Å². The molecule has 1 aromatic rings. The molecule has 2 atom stereocenters. The van der Waals surface area contributed by atoms with Crippen molar-refractivity contribution in [2.45, 2.75) is 60.2 Å². The fraction of sp³-hybridized carbons (Fsp3) is 0.588. The fourth-order valence-corrected chi connectivity index (χ4v) is 2.08. The molecule has 0 aliphatic rings. The van der Waals surface area contributed by atoms with E-state index in [9.17, 15) is 14.3 Å². The Bertz CT molecular complexity index is 456. The molecule has 0 spiro atoms. The van der Waals surface area contributed by atoms with Crippen molar-refractivity contribution in [1.82, 2.24) is 10.6 Å². The van der Waals surface area contributed by atoms with Crippen molar-refractivity contribution in [2.75, 3.05) is 0 Å². The van der Waals surface area contributed by atoms with E-state index in [1.807, 2.05) is 34.6 Å². The molecule has 0 fully saturated rings. The van der Waals surface area contributed by atoms with Gasteiger partial charge in [-0.1, -0.05) is 46.8 Å². The Hall–Kier alpha value is -1.62. The van der Waals surface area contributed by atoms with Crippen molar-refractivity contribution in [1.29, 1.82) is 0 Å². The molecular weight excluding hydrogens is 283 g/mol. The molecule has 1 aromatic carbocycles. The standard InChI is InChI=1S/C15H23FN2O2.C2H6/c1-10(19)13(15(2,3)4)18-14(20)17-9-11-6-5-7-12(16)8-11;1-2/h5-8,10,13,19H,9H2,1-4H3,(H2,17,18,20);1-2H3. The zero-order chi connectivity index (χ0) is 17.3. The highest BCUT2D eigenvalue weighted by Crippen LogP contribution is 2.21. The number of amides is 2. The lowest BCUT2D eigenvalue weighted by molar-refractivity contribution is 0.0890. The average Bonchev–Trinajstić information content (AvgIpc) is 2.43. The Kier molecular flexibility index (Phi) is 8.72. The van der Waals surface area contributed by atoms with E-state index in [0.29, 0.717) is 5.56 Å². The number of rotatable bonds is 4. The molecule has 0 aromatic heterocycles. The maximum Gasteiger partial charge on any atom is 0.315 e. The quantitative estimate of drug-likeness (QED) is 0.797. The van der Waals surface area contributed by atoms with E-state index >= 15 is 0 Å². The lowest BCUT2D eigenvalue weighted by atomic mass is 9.84. The number of nitrogens with one attached hydrogen (secondary N) is 2. The molecule has 126 valence electrons. The van der Waals surface area contributed by atoms with Gasteiger partial charge in [-0.15, -0.1) is 0 Å². The number of carbonyl (C=O) groups is 1. The van der Waals surface area contributed by atoms with E-state index in [0.717, 1.165) is 0 Å². The molecule has 22 heavy (non-hydrogen) atoms. The summed E-state index contributed by atoms with van der Waals surface area (Å²) in [5, 5.41) is 15.1. The number of aliphatic hydroxyl groups excluding tert-OH is 1. The summed E-state index contributed by atoms with van der Waals surface area (Å²) in [6.45, 7) is 11.7. The fourth-order valence-electron chi connectivity index (χ4n) is 2.08. The third kappa shape index (κ3) is 7.41. The number of hydrogen-bond acceptors (Lipinski definition) is 2. The number of carbonyl (C=O) groups excluding carboxylic acids is 1. The molecule has 2 unspecified atom stereocenters. The second kappa shape index (κ2) is 9.41. The summed E-state index contributed by atoms with van der Waals surface area (Å²) in [6, 6.07) is 5.31. The van der Waals surface area contributed by atoms with Crippen molar-refractivity contribution >= 4 is 6.03 Å². The number of urea groups is 1. The van der Waals surface area contributed by atoms with Crippen LogP contribution in [0.2, 0.25) is 0 Å². The number of hydrogen-bond donors (Lipinski definition) is 3. The van der Waals surface area contributed by atoms with Gasteiger partial charge < -0.3 is 15.7 Å². The maximum absolute atomic E-state index is 13.0. The molecule has 1 rings (SSSR count). The number of benzene rings is 1. The minimum absolute atomic E-state index is 0.236. The predicted molar refractivity (Wildman–Crippen MR) is 88.0 cm³/mol. The highest BCUT2D eigenvalue weighted by molar-refractivity contribution is 5.74. The van der Waals surface area contributed by atoms with Gasteiger partial charge in [0.1, 0.15) is 5.82 Å². The molecule has 0 bridgehead atoms.